The number of hydrogen-bond acceptors (Lipinski definition) is 4. The summed E-state index contributed by atoms with van der Waals surface area (Å²) < 4.78 is 10.4. The topological polar surface area (TPSA) is 47.3 Å². The van der Waals surface area contributed by atoms with Gasteiger partial charge in [0.25, 0.3) is 0 Å². The van der Waals surface area contributed by atoms with Crippen molar-refractivity contribution in [2.45, 2.75) is 13.1 Å². The van der Waals surface area contributed by atoms with Crippen molar-refractivity contribution in [1.29, 1.82) is 0 Å². The fraction of sp³-hybridized carbons (Fsp3) is 0.250. The van der Waals surface area contributed by atoms with Crippen molar-refractivity contribution in [2.75, 3.05) is 7.11 Å². The molecule has 0 aliphatic rings. The van der Waals surface area contributed by atoms with Crippen LogP contribution < -0.4 is 10.1 Å². The second kappa shape index (κ2) is 5.32. The van der Waals surface area contributed by atoms with Crippen LogP contribution in [0.5, 0.6) is 5.88 Å². The molecule has 0 bridgehead atoms. The number of hydrogen-bond donors (Lipinski definition) is 1. The molecule has 0 saturated carbocycles. The van der Waals surface area contributed by atoms with E-state index in [-0.39, 0.29) is 0 Å². The normalized spacial score (nSPS) is 10.3. The SMILES string of the molecule is COc1ncccc1CNCc1ccco1. The molecule has 0 amide bonds. The van der Waals surface area contributed by atoms with E-state index in [0.29, 0.717) is 19.0 Å². The quantitative estimate of drug-likeness (QED) is 0.833. The number of rotatable bonds is 5. The molecular weight excluding hydrogens is 204 g/mol. The van der Waals surface area contributed by atoms with Gasteiger partial charge in [-0.3, -0.25) is 0 Å². The van der Waals surface area contributed by atoms with Crippen LogP contribution in [0.1, 0.15) is 11.3 Å². The van der Waals surface area contributed by atoms with Gasteiger partial charge in [-0.1, -0.05) is 6.07 Å². The Morgan fingerprint density at radius 3 is 3.00 bits per heavy atom. The summed E-state index contributed by atoms with van der Waals surface area (Å²) in [5.74, 6) is 1.58. The Balaban J connectivity index is 1.89. The summed E-state index contributed by atoms with van der Waals surface area (Å²) in [5.41, 5.74) is 1.04. The largest absolute Gasteiger partial charge is 0.481 e. The molecule has 0 unspecified atom stereocenters. The average Bonchev–Trinajstić information content (AvgIpc) is 2.83. The molecular formula is C12H14N2O2. The van der Waals surface area contributed by atoms with Gasteiger partial charge in [-0.2, -0.15) is 0 Å². The van der Waals surface area contributed by atoms with E-state index in [0.717, 1.165) is 11.3 Å². The summed E-state index contributed by atoms with van der Waals surface area (Å²) in [5, 5.41) is 3.27. The van der Waals surface area contributed by atoms with Crippen molar-refractivity contribution in [3.8, 4) is 5.88 Å². The number of nitrogens with one attached hydrogen (secondary N) is 1. The van der Waals surface area contributed by atoms with Crippen LogP contribution in [0, 0.1) is 0 Å². The number of furan rings is 1. The van der Waals surface area contributed by atoms with Gasteiger partial charge >= 0.3 is 0 Å². The number of methoxy groups -OCH3 is 1. The van der Waals surface area contributed by atoms with E-state index < -0.39 is 0 Å². The first kappa shape index (κ1) is 10.7. The van der Waals surface area contributed by atoms with Crippen LogP contribution in [-0.2, 0) is 13.1 Å². The van der Waals surface area contributed by atoms with Gasteiger partial charge < -0.3 is 14.5 Å². The average molecular weight is 218 g/mol. The third-order valence-electron chi connectivity index (χ3n) is 2.24. The zero-order valence-electron chi connectivity index (χ0n) is 9.14. The van der Waals surface area contributed by atoms with Crippen LogP contribution in [0.15, 0.2) is 41.1 Å². The van der Waals surface area contributed by atoms with Gasteiger partial charge in [0.15, 0.2) is 0 Å². The summed E-state index contributed by atoms with van der Waals surface area (Å²) in [4.78, 5) is 4.13. The van der Waals surface area contributed by atoms with Gasteiger partial charge in [0.1, 0.15) is 5.76 Å². The monoisotopic (exact) mass is 218 g/mol. The Morgan fingerprint density at radius 1 is 1.31 bits per heavy atom. The molecule has 84 valence electrons. The highest BCUT2D eigenvalue weighted by Gasteiger charge is 2.02. The fourth-order valence-corrected chi connectivity index (χ4v) is 1.48. The maximum atomic E-state index is 5.22. The summed E-state index contributed by atoms with van der Waals surface area (Å²) in [6.45, 7) is 1.41. The van der Waals surface area contributed by atoms with Crippen LogP contribution >= 0.6 is 0 Å². The van der Waals surface area contributed by atoms with E-state index in [4.69, 9.17) is 9.15 Å². The maximum absolute atomic E-state index is 5.22. The van der Waals surface area contributed by atoms with Crippen molar-refractivity contribution in [1.82, 2.24) is 10.3 Å². The van der Waals surface area contributed by atoms with Crippen LogP contribution in [-0.4, -0.2) is 12.1 Å². The lowest BCUT2D eigenvalue weighted by atomic mass is 10.2. The van der Waals surface area contributed by atoms with E-state index in [1.807, 2.05) is 24.3 Å². The molecule has 0 atom stereocenters. The van der Waals surface area contributed by atoms with Crippen LogP contribution in [0.2, 0.25) is 0 Å². The first-order valence-electron chi connectivity index (χ1n) is 5.11. The molecule has 16 heavy (non-hydrogen) atoms. The van der Waals surface area contributed by atoms with Crippen LogP contribution in [0.3, 0.4) is 0 Å². The second-order valence-corrected chi connectivity index (χ2v) is 3.35. The van der Waals surface area contributed by atoms with Gasteiger partial charge in [-0.05, 0) is 18.2 Å². The summed E-state index contributed by atoms with van der Waals surface area (Å²) >= 11 is 0. The summed E-state index contributed by atoms with van der Waals surface area (Å²) in [6.07, 6.45) is 3.39. The predicted octanol–water partition coefficient (Wildman–Crippen LogP) is 1.97. The molecule has 2 aromatic heterocycles. The van der Waals surface area contributed by atoms with E-state index in [1.54, 1.807) is 19.6 Å². The highest BCUT2D eigenvalue weighted by Crippen LogP contribution is 2.13. The molecule has 0 spiro atoms. The third-order valence-corrected chi connectivity index (χ3v) is 2.24. The smallest absolute Gasteiger partial charge is 0.217 e. The Kier molecular flexibility index (Phi) is 3.56. The van der Waals surface area contributed by atoms with Crippen molar-refractivity contribution >= 4 is 0 Å². The Morgan fingerprint density at radius 2 is 2.25 bits per heavy atom. The van der Waals surface area contributed by atoms with Crippen molar-refractivity contribution in [3.63, 3.8) is 0 Å². The first-order chi connectivity index (χ1) is 7.90. The molecule has 0 fully saturated rings. The number of aromatic nitrogens is 1. The van der Waals surface area contributed by atoms with Crippen molar-refractivity contribution in [3.05, 3.63) is 48.0 Å². The molecule has 0 saturated heterocycles. The first-order valence-corrected chi connectivity index (χ1v) is 5.11. The molecule has 4 nitrogen and oxygen atoms in total. The molecule has 0 aliphatic heterocycles. The number of ether oxygens (including phenoxy) is 1. The fourth-order valence-electron chi connectivity index (χ4n) is 1.48. The molecule has 1 N–H and O–H groups in total. The van der Waals surface area contributed by atoms with E-state index in [9.17, 15) is 0 Å². The Hall–Kier alpha value is -1.81. The highest BCUT2D eigenvalue weighted by molar-refractivity contribution is 5.25. The van der Waals surface area contributed by atoms with Gasteiger partial charge in [-0.15, -0.1) is 0 Å². The van der Waals surface area contributed by atoms with Crippen molar-refractivity contribution < 1.29 is 9.15 Å². The molecule has 2 aromatic rings. The minimum Gasteiger partial charge on any atom is -0.481 e. The Bertz CT molecular complexity index is 426. The van der Waals surface area contributed by atoms with Gasteiger partial charge in [0.2, 0.25) is 5.88 Å². The van der Waals surface area contributed by atoms with E-state index in [1.165, 1.54) is 0 Å². The zero-order chi connectivity index (χ0) is 11.2. The summed E-state index contributed by atoms with van der Waals surface area (Å²) in [6, 6.07) is 7.70. The van der Waals surface area contributed by atoms with Crippen molar-refractivity contribution in [2.24, 2.45) is 0 Å². The van der Waals surface area contributed by atoms with E-state index >= 15 is 0 Å². The lowest BCUT2D eigenvalue weighted by molar-refractivity contribution is 0.389. The lowest BCUT2D eigenvalue weighted by Gasteiger charge is -2.07. The van der Waals surface area contributed by atoms with Gasteiger partial charge in [-0.25, -0.2) is 4.98 Å². The molecule has 4 heteroatoms. The minimum atomic E-state index is 0.662. The molecule has 0 radical (unpaired) electrons. The number of nitrogens with zero attached hydrogens (tertiary/aromatic N) is 1. The predicted molar refractivity (Wildman–Crippen MR) is 60.0 cm³/mol. The van der Waals surface area contributed by atoms with E-state index in [2.05, 4.69) is 10.3 Å². The number of pyridine rings is 1. The third kappa shape index (κ3) is 2.61. The Labute approximate surface area is 94.3 Å². The molecule has 2 rings (SSSR count). The second-order valence-electron chi connectivity index (χ2n) is 3.35. The van der Waals surface area contributed by atoms with Gasteiger partial charge in [0.05, 0.1) is 19.9 Å². The molecule has 2 heterocycles. The van der Waals surface area contributed by atoms with Crippen LogP contribution in [0.4, 0.5) is 0 Å². The van der Waals surface area contributed by atoms with Gasteiger partial charge in [0, 0.05) is 18.3 Å². The standard InChI is InChI=1S/C12H14N2O2/c1-15-12-10(4-2-6-14-12)8-13-9-11-5-3-7-16-11/h2-7,13H,8-9H2,1H3. The minimum absolute atomic E-state index is 0.662. The zero-order valence-corrected chi connectivity index (χ0v) is 9.14. The maximum Gasteiger partial charge on any atom is 0.217 e. The summed E-state index contributed by atoms with van der Waals surface area (Å²) in [7, 11) is 1.62. The molecule has 0 aliphatic carbocycles. The molecule has 0 aromatic carbocycles. The highest BCUT2D eigenvalue weighted by atomic mass is 16.5. The van der Waals surface area contributed by atoms with Crippen LogP contribution in [0.25, 0.3) is 0 Å². The lowest BCUT2D eigenvalue weighted by Crippen LogP contribution is -2.13.